The molecule has 9 heteroatoms. The average Bonchev–Trinajstić information content (AvgIpc) is 2.61. The van der Waals surface area contributed by atoms with Crippen LogP contribution in [-0.4, -0.2) is 68.0 Å². The first-order valence-corrected chi connectivity index (χ1v) is 8.20. The fourth-order valence-corrected chi connectivity index (χ4v) is 2.85. The van der Waals surface area contributed by atoms with Gasteiger partial charge in [-0.3, -0.25) is 9.59 Å². The largest absolute Gasteiger partial charge is 0.434 e. The minimum atomic E-state index is -2.99. The molecule has 1 aliphatic heterocycles. The molecule has 1 aromatic carbocycles. The number of carbonyl (C=O) groups is 2. The number of hydrogen-bond acceptors (Lipinski definition) is 4. The minimum Gasteiger partial charge on any atom is -0.434 e. The lowest BCUT2D eigenvalue weighted by atomic mass is 10.1. The second-order valence-corrected chi connectivity index (χ2v) is 5.95. The third-order valence-electron chi connectivity index (χ3n) is 4.14. The van der Waals surface area contributed by atoms with Crippen molar-refractivity contribution in [1.29, 1.82) is 0 Å². The standard InChI is InChI=1S/C17H23F2N3O3.ClH/c1-12(11-20-2)15(23)21-7-9-22(10-8-21)16(24)13-5-3-4-6-14(13)25-17(18)19;/h3-6,12,17,20H,7-11H2,1-2H3;1H. The van der Waals surface area contributed by atoms with Crippen LogP contribution < -0.4 is 10.1 Å². The molecule has 1 fully saturated rings. The van der Waals surface area contributed by atoms with Gasteiger partial charge in [0.25, 0.3) is 5.91 Å². The highest BCUT2D eigenvalue weighted by atomic mass is 35.5. The maximum absolute atomic E-state index is 12.6. The van der Waals surface area contributed by atoms with Crippen LogP contribution in [0.5, 0.6) is 5.75 Å². The van der Waals surface area contributed by atoms with Crippen molar-refractivity contribution < 1.29 is 23.1 Å². The zero-order chi connectivity index (χ0) is 18.4. The quantitative estimate of drug-likeness (QED) is 0.804. The average molecular weight is 392 g/mol. The molecule has 1 aliphatic rings. The summed E-state index contributed by atoms with van der Waals surface area (Å²) < 4.78 is 29.4. The Bertz CT molecular complexity index is 611. The van der Waals surface area contributed by atoms with E-state index in [0.29, 0.717) is 32.7 Å². The lowest BCUT2D eigenvalue weighted by Gasteiger charge is -2.36. The van der Waals surface area contributed by atoms with Crippen LogP contribution in [0.25, 0.3) is 0 Å². The zero-order valence-electron chi connectivity index (χ0n) is 14.8. The summed E-state index contributed by atoms with van der Waals surface area (Å²) in [4.78, 5) is 28.2. The van der Waals surface area contributed by atoms with E-state index in [1.54, 1.807) is 22.9 Å². The highest BCUT2D eigenvalue weighted by Crippen LogP contribution is 2.22. The highest BCUT2D eigenvalue weighted by molar-refractivity contribution is 5.97. The smallest absolute Gasteiger partial charge is 0.387 e. The van der Waals surface area contributed by atoms with Gasteiger partial charge in [0.1, 0.15) is 5.75 Å². The molecule has 0 aliphatic carbocycles. The van der Waals surface area contributed by atoms with Crippen molar-refractivity contribution >= 4 is 24.2 Å². The molecule has 6 nitrogen and oxygen atoms in total. The van der Waals surface area contributed by atoms with Gasteiger partial charge in [-0.2, -0.15) is 8.78 Å². The first-order chi connectivity index (χ1) is 11.9. The fourth-order valence-electron chi connectivity index (χ4n) is 2.85. The van der Waals surface area contributed by atoms with Crippen LogP contribution in [0.15, 0.2) is 24.3 Å². The number of halogens is 3. The van der Waals surface area contributed by atoms with Crippen molar-refractivity contribution in [3.8, 4) is 5.75 Å². The maximum atomic E-state index is 12.6. The van der Waals surface area contributed by atoms with E-state index in [2.05, 4.69) is 10.1 Å². The molecular formula is C17H24ClF2N3O3. The van der Waals surface area contributed by atoms with Gasteiger partial charge in [-0.15, -0.1) is 12.4 Å². The van der Waals surface area contributed by atoms with E-state index in [-0.39, 0.29) is 41.5 Å². The van der Waals surface area contributed by atoms with Gasteiger partial charge >= 0.3 is 6.61 Å². The van der Waals surface area contributed by atoms with E-state index in [4.69, 9.17) is 0 Å². The summed E-state index contributed by atoms with van der Waals surface area (Å²) in [5.74, 6) is -0.592. The number of hydrogen-bond donors (Lipinski definition) is 1. The summed E-state index contributed by atoms with van der Waals surface area (Å²) in [6.07, 6.45) is 0. The molecule has 1 aromatic rings. The monoisotopic (exact) mass is 391 g/mol. The van der Waals surface area contributed by atoms with E-state index in [1.807, 2.05) is 6.92 Å². The van der Waals surface area contributed by atoms with E-state index >= 15 is 0 Å². The number of rotatable bonds is 6. The Morgan fingerprint density at radius 2 is 1.73 bits per heavy atom. The van der Waals surface area contributed by atoms with Gasteiger partial charge in [-0.1, -0.05) is 19.1 Å². The van der Waals surface area contributed by atoms with Crippen LogP contribution in [0.3, 0.4) is 0 Å². The molecule has 2 rings (SSSR count). The van der Waals surface area contributed by atoms with Crippen molar-refractivity contribution in [2.75, 3.05) is 39.8 Å². The van der Waals surface area contributed by atoms with Crippen molar-refractivity contribution in [2.45, 2.75) is 13.5 Å². The Kier molecular flexibility index (Phi) is 8.74. The van der Waals surface area contributed by atoms with Gasteiger partial charge in [0, 0.05) is 38.6 Å². The number of nitrogens with one attached hydrogen (secondary N) is 1. The van der Waals surface area contributed by atoms with Gasteiger partial charge in [0.05, 0.1) is 5.56 Å². The normalized spacial score (nSPS) is 15.4. The molecule has 0 bridgehead atoms. The predicted octanol–water partition coefficient (Wildman–Crippen LogP) is 1.85. The fraction of sp³-hybridized carbons (Fsp3) is 0.529. The molecule has 1 heterocycles. The van der Waals surface area contributed by atoms with Gasteiger partial charge in [0.15, 0.2) is 0 Å². The molecule has 1 atom stereocenters. The number of ether oxygens (including phenoxy) is 1. The molecule has 0 spiro atoms. The summed E-state index contributed by atoms with van der Waals surface area (Å²) in [5, 5.41) is 2.97. The number of nitrogens with zero attached hydrogens (tertiary/aromatic N) is 2. The lowest BCUT2D eigenvalue weighted by Crippen LogP contribution is -2.52. The predicted molar refractivity (Wildman–Crippen MR) is 95.9 cm³/mol. The number of benzene rings is 1. The van der Waals surface area contributed by atoms with Crippen LogP contribution in [0.4, 0.5) is 8.78 Å². The van der Waals surface area contributed by atoms with Gasteiger partial charge < -0.3 is 19.9 Å². The second-order valence-electron chi connectivity index (χ2n) is 5.95. The van der Waals surface area contributed by atoms with Gasteiger partial charge in [-0.05, 0) is 19.2 Å². The number of carbonyl (C=O) groups excluding carboxylic acids is 2. The number of alkyl halides is 2. The Balaban J connectivity index is 0.00000338. The van der Waals surface area contributed by atoms with Crippen LogP contribution in [0.2, 0.25) is 0 Å². The van der Waals surface area contributed by atoms with Crippen LogP contribution in [0, 0.1) is 5.92 Å². The molecule has 0 aromatic heterocycles. The molecule has 2 amide bonds. The van der Waals surface area contributed by atoms with Gasteiger partial charge in [0.2, 0.25) is 5.91 Å². The first-order valence-electron chi connectivity index (χ1n) is 8.20. The Morgan fingerprint density at radius 3 is 2.31 bits per heavy atom. The molecule has 1 N–H and O–H groups in total. The summed E-state index contributed by atoms with van der Waals surface area (Å²) in [7, 11) is 1.79. The maximum Gasteiger partial charge on any atom is 0.387 e. The third kappa shape index (κ3) is 5.54. The molecule has 1 unspecified atom stereocenters. The second kappa shape index (κ2) is 10.3. The lowest BCUT2D eigenvalue weighted by molar-refractivity contribution is -0.136. The molecule has 146 valence electrons. The van der Waals surface area contributed by atoms with Crippen LogP contribution >= 0.6 is 12.4 Å². The molecule has 0 saturated carbocycles. The summed E-state index contributed by atoms with van der Waals surface area (Å²) >= 11 is 0. The summed E-state index contributed by atoms with van der Waals surface area (Å²) in [6, 6.07) is 5.95. The third-order valence-corrected chi connectivity index (χ3v) is 4.14. The van der Waals surface area contributed by atoms with Crippen molar-refractivity contribution in [1.82, 2.24) is 15.1 Å². The minimum absolute atomic E-state index is 0. The van der Waals surface area contributed by atoms with Crippen molar-refractivity contribution in [3.63, 3.8) is 0 Å². The molecule has 26 heavy (non-hydrogen) atoms. The van der Waals surface area contributed by atoms with E-state index in [1.165, 1.54) is 18.2 Å². The number of amides is 2. The van der Waals surface area contributed by atoms with E-state index < -0.39 is 6.61 Å². The SMILES string of the molecule is CNCC(C)C(=O)N1CCN(C(=O)c2ccccc2OC(F)F)CC1.Cl. The molecule has 0 radical (unpaired) electrons. The summed E-state index contributed by atoms with van der Waals surface area (Å²) in [6.45, 7) is 1.04. The molecular weight excluding hydrogens is 368 g/mol. The first kappa shape index (κ1) is 22.1. The summed E-state index contributed by atoms with van der Waals surface area (Å²) in [5.41, 5.74) is 0.103. The topological polar surface area (TPSA) is 61.9 Å². The van der Waals surface area contributed by atoms with E-state index in [0.717, 1.165) is 0 Å². The van der Waals surface area contributed by atoms with Crippen LogP contribution in [0.1, 0.15) is 17.3 Å². The zero-order valence-corrected chi connectivity index (χ0v) is 15.6. The van der Waals surface area contributed by atoms with Crippen LogP contribution in [-0.2, 0) is 4.79 Å². The Morgan fingerprint density at radius 1 is 1.15 bits per heavy atom. The number of piperazine rings is 1. The van der Waals surface area contributed by atoms with Crippen molar-refractivity contribution in [3.05, 3.63) is 29.8 Å². The Hall–Kier alpha value is -1.93. The van der Waals surface area contributed by atoms with E-state index in [9.17, 15) is 18.4 Å². The van der Waals surface area contributed by atoms with Gasteiger partial charge in [-0.25, -0.2) is 0 Å². The number of para-hydroxylation sites is 1. The Labute approximate surface area is 157 Å². The highest BCUT2D eigenvalue weighted by Gasteiger charge is 2.28. The molecule has 1 saturated heterocycles. The van der Waals surface area contributed by atoms with Crippen molar-refractivity contribution in [2.24, 2.45) is 5.92 Å².